The molecule has 1 aromatic carbocycles. The highest BCUT2D eigenvalue weighted by Gasteiger charge is 2.07. The van der Waals surface area contributed by atoms with Crippen LogP contribution in [0.2, 0.25) is 0 Å². The number of carbonyl (C=O) groups is 1. The molecule has 3 nitrogen and oxygen atoms in total. The topological polar surface area (TPSA) is 35.5 Å². The Balaban J connectivity index is 3.26. The molecule has 13 heavy (non-hydrogen) atoms. The molecule has 0 aromatic heterocycles. The number of hydrogen-bond acceptors (Lipinski definition) is 3. The van der Waals surface area contributed by atoms with Crippen LogP contribution in [0.15, 0.2) is 16.6 Å². The number of halogens is 1. The summed E-state index contributed by atoms with van der Waals surface area (Å²) in [5.41, 5.74) is 0.496. The Morgan fingerprint density at radius 2 is 1.85 bits per heavy atom. The summed E-state index contributed by atoms with van der Waals surface area (Å²) in [5.74, 6) is 1.15. The average Bonchev–Trinajstić information content (AvgIpc) is 2.17. The molecule has 0 spiro atoms. The van der Waals surface area contributed by atoms with Crippen molar-refractivity contribution in [2.45, 2.75) is 0 Å². The second kappa shape index (κ2) is 4.28. The van der Waals surface area contributed by atoms with E-state index in [1.54, 1.807) is 19.2 Å². The summed E-state index contributed by atoms with van der Waals surface area (Å²) in [6, 6.07) is 3.32. The quantitative estimate of drug-likeness (QED) is 0.766. The third-order valence-electron chi connectivity index (χ3n) is 1.63. The zero-order valence-electron chi connectivity index (χ0n) is 7.33. The van der Waals surface area contributed by atoms with Gasteiger partial charge < -0.3 is 9.47 Å². The number of hydrogen-bond donors (Lipinski definition) is 0. The third-order valence-corrected chi connectivity index (χ3v) is 2.25. The highest BCUT2D eigenvalue weighted by molar-refractivity contribution is 9.10. The second-order valence-electron chi connectivity index (χ2n) is 2.35. The summed E-state index contributed by atoms with van der Waals surface area (Å²) in [5, 5.41) is 0. The monoisotopic (exact) mass is 244 g/mol. The molecular weight excluding hydrogens is 236 g/mol. The summed E-state index contributed by atoms with van der Waals surface area (Å²) >= 11 is 3.27. The van der Waals surface area contributed by atoms with Crippen LogP contribution in [-0.2, 0) is 0 Å². The second-order valence-corrected chi connectivity index (χ2v) is 3.20. The Kier molecular flexibility index (Phi) is 3.31. The van der Waals surface area contributed by atoms with Gasteiger partial charge in [-0.1, -0.05) is 0 Å². The van der Waals surface area contributed by atoms with E-state index in [-0.39, 0.29) is 0 Å². The van der Waals surface area contributed by atoms with E-state index < -0.39 is 0 Å². The van der Waals surface area contributed by atoms with Crippen molar-refractivity contribution >= 4 is 22.2 Å². The Hall–Kier alpha value is -1.03. The Labute approximate surface area is 84.8 Å². The zero-order valence-corrected chi connectivity index (χ0v) is 8.92. The van der Waals surface area contributed by atoms with E-state index >= 15 is 0 Å². The first-order chi connectivity index (χ1) is 6.22. The van der Waals surface area contributed by atoms with E-state index in [4.69, 9.17) is 9.47 Å². The van der Waals surface area contributed by atoms with Gasteiger partial charge >= 0.3 is 0 Å². The van der Waals surface area contributed by atoms with Crippen LogP contribution >= 0.6 is 15.9 Å². The predicted octanol–water partition coefficient (Wildman–Crippen LogP) is 2.28. The van der Waals surface area contributed by atoms with Crippen LogP contribution in [0.1, 0.15) is 10.4 Å². The van der Waals surface area contributed by atoms with Crippen LogP contribution in [-0.4, -0.2) is 20.5 Å². The summed E-state index contributed by atoms with van der Waals surface area (Å²) in [4.78, 5) is 10.6. The highest BCUT2D eigenvalue weighted by atomic mass is 79.9. The standard InChI is InChI=1S/C9H9BrO3/c1-12-8-4-9(13-2)7(10)3-6(8)5-11/h3-5H,1-2H3. The van der Waals surface area contributed by atoms with Crippen LogP contribution < -0.4 is 9.47 Å². The Morgan fingerprint density at radius 3 is 2.31 bits per heavy atom. The first kappa shape index (κ1) is 10.1. The lowest BCUT2D eigenvalue weighted by Gasteiger charge is -2.07. The summed E-state index contributed by atoms with van der Waals surface area (Å²) in [6.45, 7) is 0. The van der Waals surface area contributed by atoms with Crippen molar-refractivity contribution in [1.82, 2.24) is 0 Å². The molecule has 70 valence electrons. The summed E-state index contributed by atoms with van der Waals surface area (Å²) < 4.78 is 10.8. The number of ether oxygens (including phenoxy) is 2. The molecular formula is C9H9BrO3. The Bertz CT molecular complexity index is 323. The van der Waals surface area contributed by atoms with Crippen molar-refractivity contribution in [3.05, 3.63) is 22.2 Å². The van der Waals surface area contributed by atoms with Gasteiger partial charge in [-0.3, -0.25) is 4.79 Å². The zero-order chi connectivity index (χ0) is 9.84. The summed E-state index contributed by atoms with van der Waals surface area (Å²) in [7, 11) is 3.07. The van der Waals surface area contributed by atoms with Crippen LogP contribution in [0, 0.1) is 0 Å². The van der Waals surface area contributed by atoms with Crippen molar-refractivity contribution in [3.63, 3.8) is 0 Å². The normalized spacial score (nSPS) is 9.46. The molecule has 1 aromatic rings. The lowest BCUT2D eigenvalue weighted by atomic mass is 10.2. The molecule has 0 saturated carbocycles. The number of rotatable bonds is 3. The molecule has 0 aliphatic heterocycles. The van der Waals surface area contributed by atoms with E-state index in [9.17, 15) is 4.79 Å². The minimum absolute atomic E-state index is 0.496. The van der Waals surface area contributed by atoms with Gasteiger partial charge in [-0.2, -0.15) is 0 Å². The van der Waals surface area contributed by atoms with Crippen LogP contribution in [0.5, 0.6) is 11.5 Å². The van der Waals surface area contributed by atoms with Gasteiger partial charge in [-0.15, -0.1) is 0 Å². The molecule has 4 heteroatoms. The molecule has 0 fully saturated rings. The largest absolute Gasteiger partial charge is 0.496 e. The lowest BCUT2D eigenvalue weighted by Crippen LogP contribution is -1.93. The molecule has 0 aliphatic rings. The molecule has 0 aliphatic carbocycles. The third kappa shape index (κ3) is 2.01. The fourth-order valence-electron chi connectivity index (χ4n) is 0.975. The molecule has 1 rings (SSSR count). The van der Waals surface area contributed by atoms with E-state index in [1.165, 1.54) is 7.11 Å². The van der Waals surface area contributed by atoms with Gasteiger partial charge in [0.05, 0.1) is 24.3 Å². The molecule has 0 amide bonds. The first-order valence-electron chi connectivity index (χ1n) is 3.59. The van der Waals surface area contributed by atoms with Gasteiger partial charge in [0.1, 0.15) is 11.5 Å². The SMILES string of the molecule is COc1cc(OC)c(C=O)cc1Br. The van der Waals surface area contributed by atoms with Crippen LogP contribution in [0.3, 0.4) is 0 Å². The molecule has 0 saturated heterocycles. The average molecular weight is 245 g/mol. The van der Waals surface area contributed by atoms with E-state index in [0.717, 1.165) is 10.8 Å². The molecule has 0 unspecified atom stereocenters. The van der Waals surface area contributed by atoms with Crippen molar-refractivity contribution in [3.8, 4) is 11.5 Å². The smallest absolute Gasteiger partial charge is 0.153 e. The first-order valence-corrected chi connectivity index (χ1v) is 4.39. The van der Waals surface area contributed by atoms with Crippen molar-refractivity contribution in [1.29, 1.82) is 0 Å². The van der Waals surface area contributed by atoms with Gasteiger partial charge in [-0.05, 0) is 22.0 Å². The van der Waals surface area contributed by atoms with Gasteiger partial charge in [0.2, 0.25) is 0 Å². The van der Waals surface area contributed by atoms with Crippen LogP contribution in [0.4, 0.5) is 0 Å². The van der Waals surface area contributed by atoms with Gasteiger partial charge in [-0.25, -0.2) is 0 Å². The highest BCUT2D eigenvalue weighted by Crippen LogP contribution is 2.31. The van der Waals surface area contributed by atoms with Gasteiger partial charge in [0.15, 0.2) is 6.29 Å². The van der Waals surface area contributed by atoms with Gasteiger partial charge in [0.25, 0.3) is 0 Å². The summed E-state index contributed by atoms with van der Waals surface area (Å²) in [6.07, 6.45) is 0.739. The molecule has 0 atom stereocenters. The maximum atomic E-state index is 10.6. The van der Waals surface area contributed by atoms with Crippen molar-refractivity contribution in [2.75, 3.05) is 14.2 Å². The molecule has 0 heterocycles. The predicted molar refractivity (Wildman–Crippen MR) is 52.6 cm³/mol. The number of methoxy groups -OCH3 is 2. The van der Waals surface area contributed by atoms with Crippen molar-refractivity contribution < 1.29 is 14.3 Å². The van der Waals surface area contributed by atoms with E-state index in [0.29, 0.717) is 17.1 Å². The lowest BCUT2D eigenvalue weighted by molar-refractivity contribution is 0.112. The minimum Gasteiger partial charge on any atom is -0.496 e. The fourth-order valence-corrected chi connectivity index (χ4v) is 1.50. The van der Waals surface area contributed by atoms with E-state index in [1.807, 2.05) is 0 Å². The number of aldehydes is 1. The Morgan fingerprint density at radius 1 is 1.23 bits per heavy atom. The maximum absolute atomic E-state index is 10.6. The van der Waals surface area contributed by atoms with E-state index in [2.05, 4.69) is 15.9 Å². The molecule has 0 N–H and O–H groups in total. The molecule has 0 bridgehead atoms. The minimum atomic E-state index is 0.496. The molecule has 0 radical (unpaired) electrons. The number of carbonyl (C=O) groups excluding carboxylic acids is 1. The number of benzene rings is 1. The van der Waals surface area contributed by atoms with Gasteiger partial charge in [0, 0.05) is 6.07 Å². The van der Waals surface area contributed by atoms with Crippen LogP contribution in [0.25, 0.3) is 0 Å². The fraction of sp³-hybridized carbons (Fsp3) is 0.222. The van der Waals surface area contributed by atoms with Crippen molar-refractivity contribution in [2.24, 2.45) is 0 Å². The maximum Gasteiger partial charge on any atom is 0.153 e.